The van der Waals surface area contributed by atoms with Gasteiger partial charge in [0.25, 0.3) is 5.91 Å². The monoisotopic (exact) mass is 420 g/mol. The summed E-state index contributed by atoms with van der Waals surface area (Å²) < 4.78 is 12.2. The van der Waals surface area contributed by atoms with Crippen molar-refractivity contribution >= 4 is 40.1 Å². The Kier molecular flexibility index (Phi) is 5.94. The number of anilines is 1. The lowest BCUT2D eigenvalue weighted by atomic mass is 10.2. The average molecular weight is 420 g/mol. The number of nitrogens with zero attached hydrogens (tertiary/aromatic N) is 4. The molecule has 0 radical (unpaired) electrons. The molecule has 4 rings (SSSR count). The Labute approximate surface area is 178 Å². The minimum Gasteiger partial charge on any atom is -0.463 e. The Hall–Kier alpha value is -3.72. The fraction of sp³-hybridized carbons (Fsp3) is 0.273. The molecular formula is C22H24N6O3. The van der Waals surface area contributed by atoms with Crippen molar-refractivity contribution in [3.05, 3.63) is 54.0 Å². The third-order valence-electron chi connectivity index (χ3n) is 4.60. The van der Waals surface area contributed by atoms with Crippen LogP contribution in [0.25, 0.3) is 22.2 Å². The van der Waals surface area contributed by atoms with Crippen molar-refractivity contribution in [3.8, 4) is 0 Å². The van der Waals surface area contributed by atoms with E-state index in [1.54, 1.807) is 18.4 Å². The summed E-state index contributed by atoms with van der Waals surface area (Å²) in [6, 6.07) is 10.9. The number of benzene rings is 1. The van der Waals surface area contributed by atoms with Crippen LogP contribution in [0.3, 0.4) is 0 Å². The highest BCUT2D eigenvalue weighted by molar-refractivity contribution is 6.10. The summed E-state index contributed by atoms with van der Waals surface area (Å²) in [6.45, 7) is 4.96. The first-order chi connectivity index (χ1) is 15.0. The van der Waals surface area contributed by atoms with Crippen LogP contribution in [0.5, 0.6) is 0 Å². The van der Waals surface area contributed by atoms with Gasteiger partial charge in [-0.25, -0.2) is 9.97 Å². The van der Waals surface area contributed by atoms with E-state index in [9.17, 15) is 4.79 Å². The molecule has 4 aromatic rings. The molecule has 31 heavy (non-hydrogen) atoms. The molecule has 0 unspecified atom stereocenters. The summed E-state index contributed by atoms with van der Waals surface area (Å²) in [6.07, 6.45) is 3.90. The third-order valence-corrected chi connectivity index (χ3v) is 4.60. The number of rotatable bonds is 8. The Morgan fingerprint density at radius 2 is 2.03 bits per heavy atom. The van der Waals surface area contributed by atoms with E-state index in [4.69, 9.17) is 14.9 Å². The Morgan fingerprint density at radius 3 is 2.74 bits per heavy atom. The molecule has 0 aliphatic heterocycles. The standard InChI is InChI=1S/C22H24N6O3/c1-14(2)30-12-6-10-24-22(29)18-19-21(27-17-9-4-3-8-16(17)26-19)28(20(18)23)25-13-15-7-5-11-31-15/h3-5,7-9,11,13-14H,6,10,12,23H2,1-2H3,(H,24,29)/b25-13+. The molecule has 9 heteroatoms. The first-order valence-corrected chi connectivity index (χ1v) is 10.1. The predicted molar refractivity (Wildman–Crippen MR) is 119 cm³/mol. The number of hydrogen-bond donors (Lipinski definition) is 2. The molecule has 1 aromatic carbocycles. The van der Waals surface area contributed by atoms with E-state index in [2.05, 4.69) is 20.4 Å². The van der Waals surface area contributed by atoms with Crippen molar-refractivity contribution in [1.29, 1.82) is 0 Å². The molecule has 0 bridgehead atoms. The van der Waals surface area contributed by atoms with Gasteiger partial charge in [0.05, 0.1) is 29.6 Å². The minimum atomic E-state index is -0.330. The highest BCUT2D eigenvalue weighted by Gasteiger charge is 2.23. The van der Waals surface area contributed by atoms with Gasteiger partial charge < -0.3 is 20.2 Å². The van der Waals surface area contributed by atoms with Crippen LogP contribution in [0.2, 0.25) is 0 Å². The van der Waals surface area contributed by atoms with Gasteiger partial charge in [0.2, 0.25) is 0 Å². The molecule has 0 fully saturated rings. The van der Waals surface area contributed by atoms with Crippen molar-refractivity contribution in [1.82, 2.24) is 20.0 Å². The molecule has 0 aliphatic rings. The van der Waals surface area contributed by atoms with Crippen LogP contribution in [-0.4, -0.2) is 46.0 Å². The van der Waals surface area contributed by atoms with Gasteiger partial charge in [-0.05, 0) is 44.5 Å². The molecule has 0 spiro atoms. The molecule has 0 saturated heterocycles. The van der Waals surface area contributed by atoms with Crippen molar-refractivity contribution in [2.75, 3.05) is 18.9 Å². The predicted octanol–water partition coefficient (Wildman–Crippen LogP) is 3.19. The lowest BCUT2D eigenvalue weighted by Crippen LogP contribution is -2.26. The van der Waals surface area contributed by atoms with Crippen molar-refractivity contribution < 1.29 is 13.9 Å². The number of furan rings is 1. The van der Waals surface area contributed by atoms with Crippen LogP contribution in [0, 0.1) is 0 Å². The van der Waals surface area contributed by atoms with Crippen molar-refractivity contribution in [3.63, 3.8) is 0 Å². The molecule has 0 aliphatic carbocycles. The van der Waals surface area contributed by atoms with Gasteiger partial charge in [-0.15, -0.1) is 0 Å². The maximum atomic E-state index is 13.0. The molecule has 3 N–H and O–H groups in total. The highest BCUT2D eigenvalue weighted by atomic mass is 16.5. The van der Waals surface area contributed by atoms with Crippen LogP contribution in [0.4, 0.5) is 5.82 Å². The van der Waals surface area contributed by atoms with Gasteiger partial charge in [-0.3, -0.25) is 4.79 Å². The number of carbonyl (C=O) groups excluding carboxylic acids is 1. The number of aromatic nitrogens is 3. The number of carbonyl (C=O) groups is 1. The topological polar surface area (TPSA) is 121 Å². The van der Waals surface area contributed by atoms with Crippen LogP contribution in [0.15, 0.2) is 52.2 Å². The number of amides is 1. The second-order valence-corrected chi connectivity index (χ2v) is 7.25. The number of nitrogen functional groups attached to an aromatic ring is 1. The molecule has 9 nitrogen and oxygen atoms in total. The summed E-state index contributed by atoms with van der Waals surface area (Å²) in [7, 11) is 0. The zero-order chi connectivity index (χ0) is 21.8. The first-order valence-electron chi connectivity index (χ1n) is 10.1. The van der Waals surface area contributed by atoms with Crippen LogP contribution in [0.1, 0.15) is 36.4 Å². The van der Waals surface area contributed by atoms with E-state index < -0.39 is 0 Å². The Bertz CT molecular complexity index is 1230. The molecule has 0 saturated carbocycles. The van der Waals surface area contributed by atoms with Crippen LogP contribution in [-0.2, 0) is 4.74 Å². The maximum Gasteiger partial charge on any atom is 0.257 e. The second-order valence-electron chi connectivity index (χ2n) is 7.25. The summed E-state index contributed by atoms with van der Waals surface area (Å²) >= 11 is 0. The minimum absolute atomic E-state index is 0.153. The summed E-state index contributed by atoms with van der Waals surface area (Å²) in [5, 5.41) is 7.27. The zero-order valence-electron chi connectivity index (χ0n) is 17.4. The largest absolute Gasteiger partial charge is 0.463 e. The second kappa shape index (κ2) is 8.97. The molecule has 3 aromatic heterocycles. The summed E-state index contributed by atoms with van der Waals surface area (Å²) in [5.74, 6) is 0.374. The van der Waals surface area contributed by atoms with E-state index >= 15 is 0 Å². The third kappa shape index (κ3) is 4.41. The van der Waals surface area contributed by atoms with Gasteiger partial charge in [0.15, 0.2) is 5.65 Å². The van der Waals surface area contributed by atoms with Gasteiger partial charge in [-0.1, -0.05) is 12.1 Å². The van der Waals surface area contributed by atoms with Gasteiger partial charge in [0.1, 0.15) is 22.7 Å². The number of para-hydroxylation sites is 2. The zero-order valence-corrected chi connectivity index (χ0v) is 17.4. The van der Waals surface area contributed by atoms with Gasteiger partial charge in [-0.2, -0.15) is 9.78 Å². The molecule has 3 heterocycles. The van der Waals surface area contributed by atoms with Gasteiger partial charge in [0, 0.05) is 13.2 Å². The fourth-order valence-corrected chi connectivity index (χ4v) is 3.15. The van der Waals surface area contributed by atoms with Crippen LogP contribution < -0.4 is 11.1 Å². The molecule has 1 amide bonds. The molecule has 0 atom stereocenters. The Balaban J connectivity index is 1.70. The van der Waals surface area contributed by atoms with Crippen LogP contribution >= 0.6 is 0 Å². The normalized spacial score (nSPS) is 11.8. The lowest BCUT2D eigenvalue weighted by molar-refractivity contribution is 0.0757. The smallest absolute Gasteiger partial charge is 0.257 e. The maximum absolute atomic E-state index is 13.0. The highest BCUT2D eigenvalue weighted by Crippen LogP contribution is 2.27. The number of hydrogen-bond acceptors (Lipinski definition) is 7. The summed E-state index contributed by atoms with van der Waals surface area (Å²) in [5.41, 5.74) is 8.72. The quantitative estimate of drug-likeness (QED) is 0.334. The lowest BCUT2D eigenvalue weighted by Gasteiger charge is -2.08. The number of nitrogens with one attached hydrogen (secondary N) is 1. The van der Waals surface area contributed by atoms with E-state index in [1.807, 2.05) is 38.1 Å². The van der Waals surface area contributed by atoms with Crippen molar-refractivity contribution in [2.45, 2.75) is 26.4 Å². The van der Waals surface area contributed by atoms with Crippen molar-refractivity contribution in [2.24, 2.45) is 5.10 Å². The average Bonchev–Trinajstić information content (AvgIpc) is 3.35. The van der Waals surface area contributed by atoms with E-state index in [0.717, 1.165) is 0 Å². The number of nitrogens with two attached hydrogens (primary N) is 1. The van der Waals surface area contributed by atoms with E-state index in [-0.39, 0.29) is 23.4 Å². The summed E-state index contributed by atoms with van der Waals surface area (Å²) in [4.78, 5) is 22.3. The van der Waals surface area contributed by atoms with E-state index in [1.165, 1.54) is 10.9 Å². The number of fused-ring (bicyclic) bond motifs is 2. The Morgan fingerprint density at radius 1 is 1.26 bits per heavy atom. The molecule has 160 valence electrons. The molecular weight excluding hydrogens is 396 g/mol. The van der Waals surface area contributed by atoms with Gasteiger partial charge >= 0.3 is 0 Å². The number of ether oxygens (including phenoxy) is 1. The van der Waals surface area contributed by atoms with E-state index in [0.29, 0.717) is 47.5 Å². The fourth-order valence-electron chi connectivity index (χ4n) is 3.15. The first kappa shape index (κ1) is 20.5. The SMILES string of the molecule is CC(C)OCCCNC(=O)c1c(N)n(/N=C/c2ccco2)c2nc3ccccc3nc12.